The molecule has 5 nitrogen and oxygen atoms in total. The smallest absolute Gasteiger partial charge is 0.282 e. The van der Waals surface area contributed by atoms with Crippen molar-refractivity contribution in [2.75, 3.05) is 0 Å². The highest BCUT2D eigenvalue weighted by molar-refractivity contribution is 7.85. The molecule has 16 heavy (non-hydrogen) atoms. The van der Waals surface area contributed by atoms with Crippen molar-refractivity contribution in [1.29, 1.82) is 0 Å². The van der Waals surface area contributed by atoms with Gasteiger partial charge in [-0.3, -0.25) is 9.65 Å². The summed E-state index contributed by atoms with van der Waals surface area (Å²) < 4.78 is 30.9. The van der Waals surface area contributed by atoms with Gasteiger partial charge in [-0.25, -0.2) is 0 Å². The highest BCUT2D eigenvalue weighted by Gasteiger charge is 2.09. The summed E-state index contributed by atoms with van der Waals surface area (Å²) in [5, 5.41) is 7.26. The maximum absolute atomic E-state index is 10.8. The van der Waals surface area contributed by atoms with Crippen molar-refractivity contribution >= 4 is 33.7 Å². The molecule has 0 atom stereocenters. The summed E-state index contributed by atoms with van der Waals surface area (Å²) in [5.41, 5.74) is 0.741. The van der Waals surface area contributed by atoms with Crippen LogP contribution in [0.4, 0.5) is 0 Å². The van der Waals surface area contributed by atoms with E-state index in [9.17, 15) is 8.42 Å². The van der Waals surface area contributed by atoms with Gasteiger partial charge in [-0.2, -0.15) is 13.5 Å². The number of aromatic amines is 1. The van der Waals surface area contributed by atoms with Crippen LogP contribution in [0.15, 0.2) is 29.2 Å². The van der Waals surface area contributed by atoms with Crippen LogP contribution in [0.2, 0.25) is 0 Å². The Bertz CT molecular complexity index is 654. The molecule has 2 aromatic rings. The molecular weight excluding hydrogens is 268 g/mol. The van der Waals surface area contributed by atoms with Crippen LogP contribution in [0.5, 0.6) is 0 Å². The van der Waals surface area contributed by atoms with Crippen molar-refractivity contribution in [3.05, 3.63) is 28.2 Å². The number of aromatic nitrogens is 2. The summed E-state index contributed by atoms with van der Waals surface area (Å²) >= 11 is 6.17. The van der Waals surface area contributed by atoms with Crippen LogP contribution in [-0.4, -0.2) is 23.2 Å². The molecule has 0 spiro atoms. The molecule has 0 unspecified atom stereocenters. The zero-order valence-electron chi connectivity index (χ0n) is 7.75. The Labute approximate surface area is 101 Å². The molecule has 0 bridgehead atoms. The third kappa shape index (κ3) is 2.35. The van der Waals surface area contributed by atoms with Gasteiger partial charge in [0.2, 0.25) is 0 Å². The highest BCUT2D eigenvalue weighted by atomic mass is 32.2. The number of nitrogens with one attached hydrogen (secondary N) is 1. The molecule has 0 saturated carbocycles. The Hall–Kier alpha value is -1.09. The van der Waals surface area contributed by atoms with Crippen LogP contribution < -0.4 is 0 Å². The van der Waals surface area contributed by atoms with Crippen molar-refractivity contribution in [1.82, 2.24) is 10.2 Å². The van der Waals surface area contributed by atoms with E-state index in [2.05, 4.69) is 10.2 Å². The van der Waals surface area contributed by atoms with Gasteiger partial charge in [0.1, 0.15) is 5.01 Å². The third-order valence-electron chi connectivity index (χ3n) is 1.84. The third-order valence-corrected chi connectivity index (χ3v) is 3.84. The summed E-state index contributed by atoms with van der Waals surface area (Å²) in [7, 11) is -4.14. The first kappa shape index (κ1) is 11.4. The van der Waals surface area contributed by atoms with Crippen molar-refractivity contribution in [2.24, 2.45) is 0 Å². The van der Waals surface area contributed by atoms with Gasteiger partial charge >= 0.3 is 0 Å². The first-order valence-corrected chi connectivity index (χ1v) is 6.77. The van der Waals surface area contributed by atoms with Gasteiger partial charge in [0.05, 0.1) is 4.90 Å². The van der Waals surface area contributed by atoms with E-state index in [4.69, 9.17) is 16.8 Å². The molecule has 0 amide bonds. The predicted octanol–water partition coefficient (Wildman–Crippen LogP) is 2.11. The fourth-order valence-corrected chi connectivity index (χ4v) is 2.50. The number of H-pyrrole nitrogens is 1. The van der Waals surface area contributed by atoms with Gasteiger partial charge < -0.3 is 0 Å². The van der Waals surface area contributed by atoms with Crippen molar-refractivity contribution < 1.29 is 13.0 Å². The summed E-state index contributed by atoms with van der Waals surface area (Å²) in [4.78, 5) is -0.143. The maximum Gasteiger partial charge on any atom is 0.294 e. The lowest BCUT2D eigenvalue weighted by Crippen LogP contribution is -1.97. The molecule has 0 aliphatic heterocycles. The summed E-state index contributed by atoms with van der Waals surface area (Å²) in [6.07, 6.45) is 0. The first-order valence-electron chi connectivity index (χ1n) is 4.10. The Balaban J connectivity index is 2.44. The van der Waals surface area contributed by atoms with Gasteiger partial charge in [-0.15, -0.1) is 0 Å². The number of benzene rings is 1. The van der Waals surface area contributed by atoms with E-state index in [1.54, 1.807) is 12.1 Å². The van der Waals surface area contributed by atoms with E-state index in [0.717, 1.165) is 5.56 Å². The SMILES string of the molecule is O=S(=O)(O)c1ccc(-c2n[nH]c(=S)s2)cc1. The van der Waals surface area contributed by atoms with Gasteiger partial charge in [0.15, 0.2) is 3.95 Å². The Kier molecular flexibility index (Phi) is 2.89. The summed E-state index contributed by atoms with van der Waals surface area (Å²) in [6.45, 7) is 0. The van der Waals surface area contributed by atoms with Gasteiger partial charge in [-0.05, 0) is 24.4 Å². The van der Waals surface area contributed by atoms with E-state index >= 15 is 0 Å². The highest BCUT2D eigenvalue weighted by Crippen LogP contribution is 2.22. The lowest BCUT2D eigenvalue weighted by Gasteiger charge is -1.98. The van der Waals surface area contributed by atoms with E-state index in [1.165, 1.54) is 23.5 Å². The van der Waals surface area contributed by atoms with E-state index in [1.807, 2.05) is 0 Å². The second-order valence-electron chi connectivity index (χ2n) is 2.92. The standard InChI is InChI=1S/C8H6N2O3S3/c11-16(12,13)6-3-1-5(2-4-6)7-9-10-8(14)15-7/h1-4H,(H,10,14)(H,11,12,13). The van der Waals surface area contributed by atoms with E-state index in [0.29, 0.717) is 8.96 Å². The average Bonchev–Trinajstić information content (AvgIpc) is 2.64. The quantitative estimate of drug-likeness (QED) is 0.647. The molecule has 2 rings (SSSR count). The first-order chi connectivity index (χ1) is 7.47. The molecule has 0 radical (unpaired) electrons. The van der Waals surface area contributed by atoms with Crippen LogP contribution in [0, 0.1) is 3.95 Å². The second-order valence-corrected chi connectivity index (χ2v) is 6.00. The minimum absolute atomic E-state index is 0.143. The molecule has 8 heteroatoms. The fourth-order valence-electron chi connectivity index (χ4n) is 1.12. The Morgan fingerprint density at radius 1 is 1.31 bits per heavy atom. The number of hydrogen-bond donors (Lipinski definition) is 2. The second kappa shape index (κ2) is 4.06. The molecule has 0 aliphatic rings. The summed E-state index contributed by atoms with van der Waals surface area (Å²) in [5.74, 6) is 0. The van der Waals surface area contributed by atoms with Crippen LogP contribution >= 0.6 is 23.6 Å². The zero-order valence-corrected chi connectivity index (χ0v) is 10.2. The Morgan fingerprint density at radius 2 is 1.94 bits per heavy atom. The van der Waals surface area contributed by atoms with E-state index < -0.39 is 10.1 Å². The molecule has 2 N–H and O–H groups in total. The lowest BCUT2D eigenvalue weighted by molar-refractivity contribution is 0.483. The normalized spacial score (nSPS) is 11.6. The maximum atomic E-state index is 10.8. The predicted molar refractivity (Wildman–Crippen MR) is 62.5 cm³/mol. The van der Waals surface area contributed by atoms with Gasteiger partial charge in [0.25, 0.3) is 10.1 Å². The molecule has 0 saturated heterocycles. The van der Waals surface area contributed by atoms with Crippen LogP contribution in [0.25, 0.3) is 10.6 Å². The largest absolute Gasteiger partial charge is 0.294 e. The zero-order chi connectivity index (χ0) is 11.8. The summed E-state index contributed by atoms with van der Waals surface area (Å²) in [6, 6.07) is 5.75. The monoisotopic (exact) mass is 274 g/mol. The van der Waals surface area contributed by atoms with Crippen molar-refractivity contribution in [2.45, 2.75) is 4.90 Å². The van der Waals surface area contributed by atoms with Gasteiger partial charge in [-0.1, -0.05) is 23.5 Å². The van der Waals surface area contributed by atoms with E-state index in [-0.39, 0.29) is 4.90 Å². The molecule has 1 aromatic carbocycles. The minimum atomic E-state index is -4.14. The Morgan fingerprint density at radius 3 is 2.38 bits per heavy atom. The molecule has 1 heterocycles. The molecular formula is C8H6N2O3S3. The number of rotatable bonds is 2. The fraction of sp³-hybridized carbons (Fsp3) is 0. The van der Waals surface area contributed by atoms with Crippen LogP contribution in [0.1, 0.15) is 0 Å². The average molecular weight is 274 g/mol. The number of nitrogens with zero attached hydrogens (tertiary/aromatic N) is 1. The molecule has 0 fully saturated rings. The molecule has 84 valence electrons. The van der Waals surface area contributed by atoms with Crippen LogP contribution in [0.3, 0.4) is 0 Å². The number of hydrogen-bond acceptors (Lipinski definition) is 5. The minimum Gasteiger partial charge on any atom is -0.282 e. The topological polar surface area (TPSA) is 83.1 Å². The molecule has 1 aromatic heterocycles. The van der Waals surface area contributed by atoms with Crippen molar-refractivity contribution in [3.8, 4) is 10.6 Å². The molecule has 0 aliphatic carbocycles. The van der Waals surface area contributed by atoms with Crippen molar-refractivity contribution in [3.63, 3.8) is 0 Å². The van der Waals surface area contributed by atoms with Gasteiger partial charge in [0, 0.05) is 5.56 Å². The van der Waals surface area contributed by atoms with Crippen LogP contribution in [-0.2, 0) is 10.1 Å². The lowest BCUT2D eigenvalue weighted by atomic mass is 10.2.